The predicted octanol–water partition coefficient (Wildman–Crippen LogP) is 5.62. The first-order valence-electron chi connectivity index (χ1n) is 9.22. The Morgan fingerprint density at radius 1 is 1.07 bits per heavy atom. The quantitative estimate of drug-likeness (QED) is 0.256. The van der Waals surface area contributed by atoms with Crippen molar-refractivity contribution in [2.24, 2.45) is 15.9 Å². The lowest BCUT2D eigenvalue weighted by Crippen LogP contribution is -2.06. The molecule has 0 radical (unpaired) electrons. The van der Waals surface area contributed by atoms with E-state index in [2.05, 4.69) is 38.3 Å². The highest BCUT2D eigenvalue weighted by Crippen LogP contribution is 2.23. The fourth-order valence-electron chi connectivity index (χ4n) is 2.60. The molecule has 30 heavy (non-hydrogen) atoms. The maximum atomic E-state index is 5.94. The van der Waals surface area contributed by atoms with Crippen molar-refractivity contribution in [3.8, 4) is 11.5 Å². The van der Waals surface area contributed by atoms with Crippen LogP contribution in [0.5, 0.6) is 11.5 Å². The number of nitrogens with two attached hydrogens (primary N) is 1. The van der Waals surface area contributed by atoms with E-state index in [0.717, 1.165) is 32.9 Å². The molecule has 0 unspecified atom stereocenters. The number of benzene rings is 3. The molecule has 0 saturated heterocycles. The van der Waals surface area contributed by atoms with Crippen LogP contribution in [-0.2, 0) is 12.4 Å². The second-order valence-corrected chi connectivity index (χ2v) is 8.18. The normalized spacial score (nSPS) is 11.6. The minimum Gasteiger partial charge on any atom is -0.496 e. The highest BCUT2D eigenvalue weighted by Gasteiger charge is 2.05. The zero-order valence-corrected chi connectivity index (χ0v) is 18.9. The van der Waals surface area contributed by atoms with Gasteiger partial charge in [0.1, 0.15) is 18.1 Å². The fourth-order valence-corrected chi connectivity index (χ4v) is 3.47. The summed E-state index contributed by atoms with van der Waals surface area (Å²) in [6, 6.07) is 23.6. The molecule has 0 bridgehead atoms. The molecule has 0 saturated carbocycles. The first-order chi connectivity index (χ1) is 14.6. The van der Waals surface area contributed by atoms with Gasteiger partial charge in [0.15, 0.2) is 5.17 Å². The molecular formula is C23H22BrN3O2S. The van der Waals surface area contributed by atoms with Crippen LogP contribution in [0.4, 0.5) is 0 Å². The van der Waals surface area contributed by atoms with E-state index in [1.807, 2.05) is 60.7 Å². The van der Waals surface area contributed by atoms with Gasteiger partial charge in [-0.05, 0) is 53.6 Å². The van der Waals surface area contributed by atoms with Crippen molar-refractivity contribution in [3.63, 3.8) is 0 Å². The van der Waals surface area contributed by atoms with Crippen LogP contribution in [0.25, 0.3) is 0 Å². The van der Waals surface area contributed by atoms with Crippen LogP contribution >= 0.6 is 27.7 Å². The summed E-state index contributed by atoms with van der Waals surface area (Å²) >= 11 is 4.87. The van der Waals surface area contributed by atoms with E-state index < -0.39 is 0 Å². The predicted molar refractivity (Wildman–Crippen MR) is 128 cm³/mol. The minimum atomic E-state index is 0.380. The molecule has 5 nitrogen and oxygen atoms in total. The van der Waals surface area contributed by atoms with Crippen LogP contribution in [0.1, 0.15) is 16.7 Å². The van der Waals surface area contributed by atoms with Gasteiger partial charge in [0.25, 0.3) is 0 Å². The van der Waals surface area contributed by atoms with Gasteiger partial charge in [-0.2, -0.15) is 5.10 Å². The largest absolute Gasteiger partial charge is 0.496 e. The number of amidine groups is 1. The molecule has 3 aromatic carbocycles. The van der Waals surface area contributed by atoms with Gasteiger partial charge in [-0.15, -0.1) is 5.10 Å². The molecule has 2 N–H and O–H groups in total. The summed E-state index contributed by atoms with van der Waals surface area (Å²) in [4.78, 5) is 0. The Labute approximate surface area is 189 Å². The van der Waals surface area contributed by atoms with Crippen molar-refractivity contribution in [2.75, 3.05) is 7.11 Å². The van der Waals surface area contributed by atoms with E-state index >= 15 is 0 Å². The van der Waals surface area contributed by atoms with Crippen LogP contribution in [0, 0.1) is 0 Å². The topological polar surface area (TPSA) is 69.2 Å². The van der Waals surface area contributed by atoms with Crippen molar-refractivity contribution in [2.45, 2.75) is 12.4 Å². The third-order valence-electron chi connectivity index (χ3n) is 4.11. The zero-order chi connectivity index (χ0) is 21.2. The van der Waals surface area contributed by atoms with Gasteiger partial charge in [0.05, 0.1) is 13.3 Å². The van der Waals surface area contributed by atoms with Crippen LogP contribution in [0.15, 0.2) is 87.5 Å². The Morgan fingerprint density at radius 2 is 1.83 bits per heavy atom. The lowest BCUT2D eigenvalue weighted by atomic mass is 10.1. The number of hydrogen-bond donors (Lipinski definition) is 1. The van der Waals surface area contributed by atoms with Crippen molar-refractivity contribution in [1.82, 2.24) is 0 Å². The molecule has 0 heterocycles. The van der Waals surface area contributed by atoms with Crippen LogP contribution in [0.2, 0.25) is 0 Å². The van der Waals surface area contributed by atoms with Gasteiger partial charge >= 0.3 is 0 Å². The Bertz CT molecular complexity index is 1010. The third kappa shape index (κ3) is 6.93. The smallest absolute Gasteiger partial charge is 0.180 e. The fraction of sp³-hybridized carbons (Fsp3) is 0.130. The second-order valence-electron chi connectivity index (χ2n) is 6.27. The average molecular weight is 484 g/mol. The first-order valence-corrected chi connectivity index (χ1v) is 11.0. The Morgan fingerprint density at radius 3 is 2.57 bits per heavy atom. The molecule has 3 aromatic rings. The Hall–Kier alpha value is -2.77. The van der Waals surface area contributed by atoms with E-state index in [0.29, 0.717) is 11.8 Å². The maximum absolute atomic E-state index is 5.94. The van der Waals surface area contributed by atoms with Crippen molar-refractivity contribution in [1.29, 1.82) is 0 Å². The van der Waals surface area contributed by atoms with Gasteiger partial charge in [-0.3, -0.25) is 0 Å². The van der Waals surface area contributed by atoms with Gasteiger partial charge < -0.3 is 15.2 Å². The minimum absolute atomic E-state index is 0.380. The Kier molecular flexibility index (Phi) is 8.35. The maximum Gasteiger partial charge on any atom is 0.180 e. The summed E-state index contributed by atoms with van der Waals surface area (Å²) in [6.45, 7) is 0.380. The number of nitrogens with zero attached hydrogens (tertiary/aromatic N) is 2. The monoisotopic (exact) mass is 483 g/mol. The lowest BCUT2D eigenvalue weighted by molar-refractivity contribution is 0.296. The van der Waals surface area contributed by atoms with Crippen LogP contribution in [0.3, 0.4) is 0 Å². The summed E-state index contributed by atoms with van der Waals surface area (Å²) in [6.07, 6.45) is 1.67. The van der Waals surface area contributed by atoms with E-state index in [4.69, 9.17) is 15.2 Å². The third-order valence-corrected chi connectivity index (χ3v) is 5.49. The van der Waals surface area contributed by atoms with Crippen molar-refractivity contribution < 1.29 is 9.47 Å². The standard InChI is InChI=1S/C23H22BrN3O2S/c1-28-22-12-7-18(13-19(22)15-29-21-10-8-20(24)9-11-21)14-26-27-23(25)30-16-17-5-3-2-4-6-17/h2-14H,15-16H2,1H3,(H2,25,27). The number of hydrogen-bond acceptors (Lipinski definition) is 5. The number of halogens is 1. The SMILES string of the molecule is COc1ccc(C=NN=C(N)SCc2ccccc2)cc1COc1ccc(Br)cc1. The molecule has 0 atom stereocenters. The number of ether oxygens (including phenoxy) is 2. The summed E-state index contributed by atoms with van der Waals surface area (Å²) < 4.78 is 12.3. The van der Waals surface area contributed by atoms with Crippen LogP contribution < -0.4 is 15.2 Å². The lowest BCUT2D eigenvalue weighted by Gasteiger charge is -2.11. The second kappa shape index (κ2) is 11.4. The molecule has 154 valence electrons. The first kappa shape index (κ1) is 21.9. The van der Waals surface area contributed by atoms with Gasteiger partial charge in [-0.25, -0.2) is 0 Å². The molecule has 0 amide bonds. The summed E-state index contributed by atoms with van der Waals surface area (Å²) in [5.41, 5.74) is 8.93. The van der Waals surface area contributed by atoms with Crippen molar-refractivity contribution >= 4 is 39.1 Å². The molecule has 0 aliphatic carbocycles. The van der Waals surface area contributed by atoms with Crippen LogP contribution in [-0.4, -0.2) is 18.5 Å². The Balaban J connectivity index is 1.61. The highest BCUT2D eigenvalue weighted by molar-refractivity contribution is 9.10. The van der Waals surface area contributed by atoms with E-state index in [1.54, 1.807) is 13.3 Å². The van der Waals surface area contributed by atoms with E-state index in [9.17, 15) is 0 Å². The van der Waals surface area contributed by atoms with Gasteiger partial charge in [0.2, 0.25) is 0 Å². The molecule has 3 rings (SSSR count). The summed E-state index contributed by atoms with van der Waals surface area (Å²) in [7, 11) is 1.64. The zero-order valence-electron chi connectivity index (χ0n) is 16.5. The highest BCUT2D eigenvalue weighted by atomic mass is 79.9. The number of methoxy groups -OCH3 is 1. The summed E-state index contributed by atoms with van der Waals surface area (Å²) in [5.74, 6) is 2.30. The van der Waals surface area contributed by atoms with Gasteiger partial charge in [0, 0.05) is 15.8 Å². The molecule has 0 spiro atoms. The van der Waals surface area contributed by atoms with E-state index in [-0.39, 0.29) is 0 Å². The number of rotatable bonds is 8. The summed E-state index contributed by atoms with van der Waals surface area (Å²) in [5, 5.41) is 8.60. The molecular weight excluding hydrogens is 462 g/mol. The molecule has 0 aromatic heterocycles. The molecule has 7 heteroatoms. The number of thioether (sulfide) groups is 1. The average Bonchev–Trinajstić information content (AvgIpc) is 2.78. The van der Waals surface area contributed by atoms with Gasteiger partial charge in [-0.1, -0.05) is 58.0 Å². The molecule has 0 aliphatic heterocycles. The van der Waals surface area contributed by atoms with E-state index in [1.165, 1.54) is 17.3 Å². The molecule has 0 aliphatic rings. The van der Waals surface area contributed by atoms with Crippen molar-refractivity contribution in [3.05, 3.63) is 94.0 Å². The molecule has 0 fully saturated rings.